The highest BCUT2D eigenvalue weighted by Crippen LogP contribution is 2.12. The quantitative estimate of drug-likeness (QED) is 0.589. The van der Waals surface area contributed by atoms with E-state index >= 15 is 0 Å². The van der Waals surface area contributed by atoms with E-state index in [0.29, 0.717) is 0 Å². The molecule has 0 unspecified atom stereocenters. The van der Waals surface area contributed by atoms with Crippen LogP contribution >= 0.6 is 0 Å². The fourth-order valence-corrected chi connectivity index (χ4v) is 3.06. The summed E-state index contributed by atoms with van der Waals surface area (Å²) >= 11 is 0. The van der Waals surface area contributed by atoms with Crippen molar-refractivity contribution in [2.45, 2.75) is 57.7 Å². The van der Waals surface area contributed by atoms with Crippen LogP contribution in [0.5, 0.6) is 0 Å². The Morgan fingerprint density at radius 3 is 1.84 bits per heavy atom. The molecule has 0 aliphatic carbocycles. The number of esters is 1. The Bertz CT molecular complexity index is 947. The number of carbonyl (C=O) groups is 3. The maximum Gasteiger partial charge on any atom is 0.329 e. The molecule has 0 bridgehead atoms. The average molecular weight is 436 g/mol. The van der Waals surface area contributed by atoms with Gasteiger partial charge >= 0.3 is 5.97 Å². The lowest BCUT2D eigenvalue weighted by Crippen LogP contribution is -2.54. The summed E-state index contributed by atoms with van der Waals surface area (Å²) in [6.45, 7) is 5.27. The van der Waals surface area contributed by atoms with Gasteiger partial charge in [0.2, 0.25) is 11.8 Å². The highest BCUT2D eigenvalue weighted by atomic mass is 16.6. The summed E-state index contributed by atoms with van der Waals surface area (Å²) in [5, 5.41) is 14.1. The first-order valence-electron chi connectivity index (χ1n) is 10.5. The largest absolute Gasteiger partial charge is 0.458 e. The van der Waals surface area contributed by atoms with Crippen LogP contribution in [0, 0.1) is 11.3 Å². The molecule has 0 heterocycles. The Kier molecular flexibility index (Phi) is 8.96. The number of benzene rings is 2. The van der Waals surface area contributed by atoms with Crippen molar-refractivity contribution < 1.29 is 19.1 Å². The number of ether oxygens (including phenoxy) is 1. The summed E-state index contributed by atoms with van der Waals surface area (Å²) in [4.78, 5) is 38.0. The van der Waals surface area contributed by atoms with Crippen molar-refractivity contribution in [3.8, 4) is 6.07 Å². The molecule has 0 aliphatic heterocycles. The minimum absolute atomic E-state index is 0.218. The minimum Gasteiger partial charge on any atom is -0.458 e. The Morgan fingerprint density at radius 2 is 1.38 bits per heavy atom. The van der Waals surface area contributed by atoms with E-state index in [4.69, 9.17) is 10.00 Å². The Hall–Kier alpha value is -3.66. The van der Waals surface area contributed by atoms with Crippen molar-refractivity contribution in [1.29, 1.82) is 5.26 Å². The van der Waals surface area contributed by atoms with Crippen molar-refractivity contribution in [3.63, 3.8) is 0 Å². The van der Waals surface area contributed by atoms with E-state index in [9.17, 15) is 14.4 Å². The molecule has 2 aromatic carbocycles. The van der Waals surface area contributed by atoms with Crippen LogP contribution in [0.25, 0.3) is 0 Å². The summed E-state index contributed by atoms with van der Waals surface area (Å²) in [6.07, 6.45) is 0.0972. The molecule has 0 saturated heterocycles. The first-order valence-corrected chi connectivity index (χ1v) is 10.5. The van der Waals surface area contributed by atoms with Crippen molar-refractivity contribution in [2.24, 2.45) is 0 Å². The summed E-state index contributed by atoms with van der Waals surface area (Å²) in [7, 11) is 0. The fraction of sp³-hybridized carbons (Fsp3) is 0.360. The number of hydrogen-bond donors (Lipinski definition) is 2. The standard InChI is InChI=1S/C25H29N3O4/c1-25(2,3)32-24(31)21(17-19-12-8-5-9-13-19)28-23(30)20(27-22(29)14-15-26)16-18-10-6-4-7-11-18/h4-13,20-21H,14,16-17H2,1-3H3,(H,27,29)(H,28,30)/t20-,21-/m0/s1. The van der Waals surface area contributed by atoms with E-state index in [1.54, 1.807) is 26.8 Å². The lowest BCUT2D eigenvalue weighted by atomic mass is 10.0. The molecule has 2 N–H and O–H groups in total. The van der Waals surface area contributed by atoms with Gasteiger partial charge in [-0.25, -0.2) is 4.79 Å². The van der Waals surface area contributed by atoms with Crippen molar-refractivity contribution in [3.05, 3.63) is 71.8 Å². The van der Waals surface area contributed by atoms with Crippen molar-refractivity contribution in [1.82, 2.24) is 10.6 Å². The number of carbonyl (C=O) groups excluding carboxylic acids is 3. The third-order valence-corrected chi connectivity index (χ3v) is 4.46. The van der Waals surface area contributed by atoms with Gasteiger partial charge in [0.15, 0.2) is 0 Å². The monoisotopic (exact) mass is 435 g/mol. The second-order valence-corrected chi connectivity index (χ2v) is 8.43. The molecule has 0 fully saturated rings. The zero-order valence-corrected chi connectivity index (χ0v) is 18.6. The normalized spacial score (nSPS) is 12.7. The average Bonchev–Trinajstić information content (AvgIpc) is 2.73. The third kappa shape index (κ3) is 8.60. The maximum atomic E-state index is 13.1. The predicted octanol–water partition coefficient (Wildman–Crippen LogP) is 2.70. The summed E-state index contributed by atoms with van der Waals surface area (Å²) in [5.74, 6) is -1.64. The first kappa shape index (κ1) is 24.6. The second-order valence-electron chi connectivity index (χ2n) is 8.43. The van der Waals surface area contributed by atoms with E-state index in [-0.39, 0.29) is 19.3 Å². The molecule has 2 aromatic rings. The van der Waals surface area contributed by atoms with E-state index in [0.717, 1.165) is 11.1 Å². The number of nitrogens with one attached hydrogen (secondary N) is 2. The molecule has 0 aliphatic rings. The van der Waals surface area contributed by atoms with E-state index in [2.05, 4.69) is 10.6 Å². The fourth-order valence-electron chi connectivity index (χ4n) is 3.06. The molecule has 168 valence electrons. The molecule has 32 heavy (non-hydrogen) atoms. The van der Waals surface area contributed by atoms with E-state index in [1.165, 1.54) is 0 Å². The molecule has 0 saturated carbocycles. The highest BCUT2D eigenvalue weighted by molar-refractivity contribution is 5.91. The molecule has 0 aromatic heterocycles. The molecule has 7 heteroatoms. The zero-order valence-electron chi connectivity index (χ0n) is 18.6. The summed E-state index contributed by atoms with van der Waals surface area (Å²) in [6, 6.07) is 18.4. The topological polar surface area (TPSA) is 108 Å². The number of hydrogen-bond acceptors (Lipinski definition) is 5. The Morgan fingerprint density at radius 1 is 0.875 bits per heavy atom. The van der Waals surface area contributed by atoms with Gasteiger partial charge in [-0.2, -0.15) is 5.26 Å². The molecule has 2 amide bonds. The lowest BCUT2D eigenvalue weighted by molar-refractivity contribution is -0.158. The van der Waals surface area contributed by atoms with Gasteiger partial charge in [-0.05, 0) is 31.9 Å². The van der Waals surface area contributed by atoms with Crippen molar-refractivity contribution in [2.75, 3.05) is 0 Å². The molecule has 7 nitrogen and oxygen atoms in total. The van der Waals surface area contributed by atoms with Crippen LogP contribution in [-0.2, 0) is 32.0 Å². The van der Waals surface area contributed by atoms with Gasteiger partial charge in [-0.15, -0.1) is 0 Å². The Balaban J connectivity index is 2.23. The SMILES string of the molecule is CC(C)(C)OC(=O)[C@H](Cc1ccccc1)NC(=O)[C@H](Cc1ccccc1)NC(=O)CC#N. The van der Waals surface area contributed by atoms with Crippen LogP contribution in [0.3, 0.4) is 0 Å². The summed E-state index contributed by atoms with van der Waals surface area (Å²) in [5.41, 5.74) is 0.972. The van der Waals surface area contributed by atoms with Crippen molar-refractivity contribution >= 4 is 17.8 Å². The van der Waals surface area contributed by atoms with Crippen LogP contribution in [0.1, 0.15) is 38.3 Å². The van der Waals surface area contributed by atoms with Gasteiger partial charge in [0.1, 0.15) is 24.1 Å². The van der Waals surface area contributed by atoms with Crippen LogP contribution in [-0.4, -0.2) is 35.5 Å². The molecule has 0 radical (unpaired) electrons. The van der Waals surface area contributed by atoms with Gasteiger partial charge in [-0.1, -0.05) is 60.7 Å². The molecule has 2 atom stereocenters. The molecular weight excluding hydrogens is 406 g/mol. The second kappa shape index (κ2) is 11.7. The minimum atomic E-state index is -0.945. The van der Waals surface area contributed by atoms with Gasteiger partial charge in [0.05, 0.1) is 6.07 Å². The first-order chi connectivity index (χ1) is 15.2. The number of nitrogens with zero attached hydrogens (tertiary/aromatic N) is 1. The zero-order chi connectivity index (χ0) is 23.6. The Labute approximate surface area is 188 Å². The smallest absolute Gasteiger partial charge is 0.329 e. The third-order valence-electron chi connectivity index (χ3n) is 4.46. The van der Waals surface area contributed by atoms with Crippen LogP contribution in [0.2, 0.25) is 0 Å². The van der Waals surface area contributed by atoms with Gasteiger partial charge in [0, 0.05) is 12.8 Å². The van der Waals surface area contributed by atoms with E-state index < -0.39 is 35.5 Å². The lowest BCUT2D eigenvalue weighted by Gasteiger charge is -2.26. The number of amides is 2. The van der Waals surface area contributed by atoms with E-state index in [1.807, 2.05) is 60.7 Å². The highest BCUT2D eigenvalue weighted by Gasteiger charge is 2.30. The number of nitriles is 1. The van der Waals surface area contributed by atoms with Crippen LogP contribution < -0.4 is 10.6 Å². The van der Waals surface area contributed by atoms with Gasteiger partial charge < -0.3 is 15.4 Å². The van der Waals surface area contributed by atoms with Gasteiger partial charge in [-0.3, -0.25) is 9.59 Å². The molecule has 0 spiro atoms. The summed E-state index contributed by atoms with van der Waals surface area (Å²) < 4.78 is 5.51. The van der Waals surface area contributed by atoms with Crippen LogP contribution in [0.15, 0.2) is 60.7 Å². The maximum absolute atomic E-state index is 13.1. The molecular formula is C25H29N3O4. The predicted molar refractivity (Wildman–Crippen MR) is 120 cm³/mol. The molecule has 2 rings (SSSR count). The number of rotatable bonds is 9. The van der Waals surface area contributed by atoms with Gasteiger partial charge in [0.25, 0.3) is 0 Å². The van der Waals surface area contributed by atoms with Crippen LogP contribution in [0.4, 0.5) is 0 Å².